The van der Waals surface area contributed by atoms with Crippen molar-refractivity contribution in [2.75, 3.05) is 11.9 Å². The number of benzene rings is 2. The SMILES string of the molecule is Cc1cccc(NC(=O)N2CCCC[C@H]2c2nc(-c3ccccc3)no2)c1. The van der Waals surface area contributed by atoms with Crippen LogP contribution < -0.4 is 5.32 Å². The van der Waals surface area contributed by atoms with Gasteiger partial charge in [-0.1, -0.05) is 47.6 Å². The second-order valence-electron chi connectivity index (χ2n) is 6.83. The number of aryl methyl sites for hydroxylation is 1. The van der Waals surface area contributed by atoms with Gasteiger partial charge in [-0.25, -0.2) is 4.79 Å². The summed E-state index contributed by atoms with van der Waals surface area (Å²) in [4.78, 5) is 19.2. The van der Waals surface area contributed by atoms with Crippen molar-refractivity contribution in [1.82, 2.24) is 15.0 Å². The van der Waals surface area contributed by atoms with Crippen LogP contribution in [0.2, 0.25) is 0 Å². The van der Waals surface area contributed by atoms with Crippen LogP contribution in [-0.4, -0.2) is 27.6 Å². The molecule has 6 nitrogen and oxygen atoms in total. The number of hydrogen-bond acceptors (Lipinski definition) is 4. The lowest BCUT2D eigenvalue weighted by atomic mass is 10.0. The van der Waals surface area contributed by atoms with Gasteiger partial charge in [0.25, 0.3) is 0 Å². The van der Waals surface area contributed by atoms with Crippen LogP contribution in [-0.2, 0) is 0 Å². The van der Waals surface area contributed by atoms with Gasteiger partial charge in [-0.05, 0) is 43.9 Å². The molecular formula is C21H22N4O2. The predicted octanol–water partition coefficient (Wildman–Crippen LogP) is 4.80. The second-order valence-corrected chi connectivity index (χ2v) is 6.83. The number of urea groups is 1. The second kappa shape index (κ2) is 7.61. The van der Waals surface area contributed by atoms with Crippen molar-refractivity contribution in [3.63, 3.8) is 0 Å². The van der Waals surface area contributed by atoms with E-state index in [1.165, 1.54) is 0 Å². The molecule has 4 rings (SSSR count). The zero-order chi connectivity index (χ0) is 18.6. The highest BCUT2D eigenvalue weighted by molar-refractivity contribution is 5.89. The van der Waals surface area contributed by atoms with Crippen molar-refractivity contribution in [3.8, 4) is 11.4 Å². The smallest absolute Gasteiger partial charge is 0.322 e. The average molecular weight is 362 g/mol. The van der Waals surface area contributed by atoms with Gasteiger partial charge in [-0.3, -0.25) is 0 Å². The predicted molar refractivity (Wildman–Crippen MR) is 103 cm³/mol. The minimum absolute atomic E-state index is 0.134. The number of aromatic nitrogens is 2. The van der Waals surface area contributed by atoms with Crippen LogP contribution in [0.15, 0.2) is 59.1 Å². The Morgan fingerprint density at radius 2 is 2.00 bits per heavy atom. The van der Waals surface area contributed by atoms with E-state index >= 15 is 0 Å². The van der Waals surface area contributed by atoms with E-state index in [4.69, 9.17) is 4.52 Å². The Balaban J connectivity index is 1.54. The van der Waals surface area contributed by atoms with Crippen molar-refractivity contribution >= 4 is 11.7 Å². The molecule has 2 aromatic carbocycles. The number of piperidine rings is 1. The third-order valence-electron chi connectivity index (χ3n) is 4.79. The summed E-state index contributed by atoms with van der Waals surface area (Å²) < 4.78 is 5.53. The number of anilines is 1. The molecule has 0 bridgehead atoms. The lowest BCUT2D eigenvalue weighted by molar-refractivity contribution is 0.142. The molecule has 0 radical (unpaired) electrons. The van der Waals surface area contributed by atoms with Crippen LogP contribution >= 0.6 is 0 Å². The average Bonchev–Trinajstić information content (AvgIpc) is 3.19. The topological polar surface area (TPSA) is 71.3 Å². The van der Waals surface area contributed by atoms with E-state index in [0.717, 1.165) is 36.1 Å². The Labute approximate surface area is 158 Å². The molecule has 0 spiro atoms. The van der Waals surface area contributed by atoms with Crippen LogP contribution in [0.5, 0.6) is 0 Å². The molecule has 138 valence electrons. The van der Waals surface area contributed by atoms with E-state index in [9.17, 15) is 4.79 Å². The summed E-state index contributed by atoms with van der Waals surface area (Å²) in [6, 6.07) is 17.2. The maximum atomic E-state index is 12.9. The molecule has 1 aliphatic heterocycles. The van der Waals surface area contributed by atoms with Gasteiger partial charge >= 0.3 is 6.03 Å². The summed E-state index contributed by atoms with van der Waals surface area (Å²) >= 11 is 0. The maximum absolute atomic E-state index is 12.9. The monoisotopic (exact) mass is 362 g/mol. The third-order valence-corrected chi connectivity index (χ3v) is 4.79. The van der Waals surface area contributed by atoms with E-state index in [1.807, 2.05) is 61.5 Å². The number of nitrogens with zero attached hydrogens (tertiary/aromatic N) is 3. The van der Waals surface area contributed by atoms with E-state index < -0.39 is 0 Å². The fourth-order valence-corrected chi connectivity index (χ4v) is 3.42. The Bertz CT molecular complexity index is 923. The van der Waals surface area contributed by atoms with Crippen molar-refractivity contribution in [3.05, 3.63) is 66.1 Å². The molecule has 0 saturated carbocycles. The van der Waals surface area contributed by atoms with Crippen LogP contribution in [0, 0.1) is 6.92 Å². The normalized spacial score (nSPS) is 16.9. The molecular weight excluding hydrogens is 340 g/mol. The summed E-state index contributed by atoms with van der Waals surface area (Å²) in [5.41, 5.74) is 2.80. The summed E-state index contributed by atoms with van der Waals surface area (Å²) in [6.07, 6.45) is 2.82. The first-order chi connectivity index (χ1) is 13.2. The van der Waals surface area contributed by atoms with Gasteiger partial charge in [-0.15, -0.1) is 0 Å². The van der Waals surface area contributed by atoms with Crippen molar-refractivity contribution in [1.29, 1.82) is 0 Å². The molecule has 1 aromatic heterocycles. The molecule has 3 aromatic rings. The zero-order valence-electron chi connectivity index (χ0n) is 15.3. The first kappa shape index (κ1) is 17.3. The first-order valence-electron chi connectivity index (χ1n) is 9.24. The summed E-state index contributed by atoms with van der Waals surface area (Å²) in [5, 5.41) is 7.09. The highest BCUT2D eigenvalue weighted by Crippen LogP contribution is 2.31. The van der Waals surface area contributed by atoms with Gasteiger partial charge in [0.15, 0.2) is 0 Å². The molecule has 1 atom stereocenters. The number of carbonyl (C=O) groups excluding carboxylic acids is 1. The lowest BCUT2D eigenvalue weighted by Gasteiger charge is -2.33. The lowest BCUT2D eigenvalue weighted by Crippen LogP contribution is -2.41. The van der Waals surface area contributed by atoms with Crippen molar-refractivity contribution in [2.24, 2.45) is 0 Å². The largest absolute Gasteiger partial charge is 0.337 e. The highest BCUT2D eigenvalue weighted by atomic mass is 16.5. The van der Waals surface area contributed by atoms with Gasteiger partial charge in [-0.2, -0.15) is 4.98 Å². The summed E-state index contributed by atoms with van der Waals surface area (Å²) in [7, 11) is 0. The molecule has 27 heavy (non-hydrogen) atoms. The third kappa shape index (κ3) is 3.84. The molecule has 1 N–H and O–H groups in total. The van der Waals surface area contributed by atoms with Gasteiger partial charge < -0.3 is 14.7 Å². The summed E-state index contributed by atoms with van der Waals surface area (Å²) in [6.45, 7) is 2.67. The molecule has 1 fully saturated rings. The molecule has 2 heterocycles. The number of nitrogens with one attached hydrogen (secondary N) is 1. The summed E-state index contributed by atoms with van der Waals surface area (Å²) in [5.74, 6) is 1.04. The van der Waals surface area contributed by atoms with Crippen LogP contribution in [0.4, 0.5) is 10.5 Å². The fraction of sp³-hybridized carbons (Fsp3) is 0.286. The molecule has 0 unspecified atom stereocenters. The Morgan fingerprint density at radius 1 is 1.15 bits per heavy atom. The molecule has 0 aliphatic carbocycles. The number of carbonyl (C=O) groups is 1. The molecule has 1 aliphatic rings. The van der Waals surface area contributed by atoms with E-state index in [2.05, 4.69) is 15.5 Å². The highest BCUT2D eigenvalue weighted by Gasteiger charge is 2.32. The standard InChI is InChI=1S/C21H22N4O2/c1-15-8-7-11-17(14-15)22-21(26)25-13-6-5-12-18(25)20-23-19(24-27-20)16-9-3-2-4-10-16/h2-4,7-11,14,18H,5-6,12-13H2,1H3,(H,22,26)/t18-/m0/s1. The van der Waals surface area contributed by atoms with Crippen LogP contribution in [0.1, 0.15) is 36.8 Å². The number of likely N-dealkylation sites (tertiary alicyclic amines) is 1. The van der Waals surface area contributed by atoms with E-state index in [1.54, 1.807) is 4.90 Å². The molecule has 6 heteroatoms. The van der Waals surface area contributed by atoms with Gasteiger partial charge in [0.05, 0.1) is 0 Å². The Morgan fingerprint density at radius 3 is 2.81 bits per heavy atom. The minimum Gasteiger partial charge on any atom is -0.337 e. The van der Waals surface area contributed by atoms with Gasteiger partial charge in [0.1, 0.15) is 6.04 Å². The van der Waals surface area contributed by atoms with E-state index in [-0.39, 0.29) is 12.1 Å². The maximum Gasteiger partial charge on any atom is 0.322 e. The minimum atomic E-state index is -0.200. The van der Waals surface area contributed by atoms with E-state index in [0.29, 0.717) is 18.3 Å². The zero-order valence-corrected chi connectivity index (χ0v) is 15.3. The van der Waals surface area contributed by atoms with Gasteiger partial charge in [0.2, 0.25) is 11.7 Å². The first-order valence-corrected chi connectivity index (χ1v) is 9.24. The quantitative estimate of drug-likeness (QED) is 0.726. The van der Waals surface area contributed by atoms with Crippen LogP contribution in [0.25, 0.3) is 11.4 Å². The van der Waals surface area contributed by atoms with Crippen molar-refractivity contribution < 1.29 is 9.32 Å². The van der Waals surface area contributed by atoms with Gasteiger partial charge in [0, 0.05) is 17.8 Å². The molecule has 2 amide bonds. The van der Waals surface area contributed by atoms with Crippen molar-refractivity contribution in [2.45, 2.75) is 32.2 Å². The number of rotatable bonds is 3. The molecule has 1 saturated heterocycles. The Hall–Kier alpha value is -3.15. The fourth-order valence-electron chi connectivity index (χ4n) is 3.42. The number of hydrogen-bond donors (Lipinski definition) is 1. The number of amides is 2. The Kier molecular flexibility index (Phi) is 4.87. The van der Waals surface area contributed by atoms with Crippen LogP contribution in [0.3, 0.4) is 0 Å².